The molecule has 0 saturated carbocycles. The second-order valence-electron chi connectivity index (χ2n) is 6.81. The van der Waals surface area contributed by atoms with Crippen LogP contribution in [0.2, 0.25) is 0 Å². The van der Waals surface area contributed by atoms with Crippen LogP contribution in [0.25, 0.3) is 16.9 Å². The smallest absolute Gasteiger partial charge is 0.287 e. The van der Waals surface area contributed by atoms with Crippen LogP contribution < -0.4 is 15.6 Å². The number of nitrogens with one attached hydrogen (secondary N) is 3. The summed E-state index contributed by atoms with van der Waals surface area (Å²) in [4.78, 5) is 24.9. The first-order chi connectivity index (χ1) is 15.5. The minimum atomic E-state index is -0.590. The zero-order valence-electron chi connectivity index (χ0n) is 17.2. The summed E-state index contributed by atoms with van der Waals surface area (Å²) >= 11 is 0. The molecular weight excluding hydrogens is 415 g/mol. The lowest BCUT2D eigenvalue weighted by atomic mass is 10.1. The van der Waals surface area contributed by atoms with Crippen LogP contribution in [0.4, 0.5) is 4.39 Å². The molecule has 0 spiro atoms. The van der Waals surface area contributed by atoms with Crippen LogP contribution in [-0.4, -0.2) is 38.9 Å². The molecule has 0 saturated heterocycles. The fraction of sp³-hybridized carbons (Fsp3) is 0.0909. The van der Waals surface area contributed by atoms with Crippen LogP contribution in [0, 0.1) is 12.7 Å². The van der Waals surface area contributed by atoms with Gasteiger partial charge in [0.2, 0.25) is 0 Å². The van der Waals surface area contributed by atoms with E-state index in [1.807, 2.05) is 12.1 Å². The van der Waals surface area contributed by atoms with Gasteiger partial charge >= 0.3 is 0 Å². The zero-order valence-corrected chi connectivity index (χ0v) is 17.2. The summed E-state index contributed by atoms with van der Waals surface area (Å²) in [7, 11) is 1.58. The Morgan fingerprint density at radius 2 is 1.78 bits per heavy atom. The van der Waals surface area contributed by atoms with E-state index in [2.05, 4.69) is 26.1 Å². The summed E-state index contributed by atoms with van der Waals surface area (Å²) in [6.45, 7) is 1.63. The van der Waals surface area contributed by atoms with Crippen molar-refractivity contribution in [1.82, 2.24) is 30.8 Å². The highest BCUT2D eigenvalue weighted by Gasteiger charge is 2.18. The summed E-state index contributed by atoms with van der Waals surface area (Å²) in [5, 5.41) is 10.8. The highest BCUT2D eigenvalue weighted by Crippen LogP contribution is 2.21. The van der Waals surface area contributed by atoms with Crippen LogP contribution in [-0.2, 0) is 0 Å². The number of benzene rings is 2. The Morgan fingerprint density at radius 3 is 2.50 bits per heavy atom. The van der Waals surface area contributed by atoms with Gasteiger partial charge in [-0.15, -0.1) is 0 Å². The summed E-state index contributed by atoms with van der Waals surface area (Å²) in [5.41, 5.74) is 7.01. The van der Waals surface area contributed by atoms with Gasteiger partial charge < -0.3 is 4.74 Å². The molecule has 2 heterocycles. The minimum Gasteiger partial charge on any atom is -0.497 e. The molecule has 32 heavy (non-hydrogen) atoms. The molecule has 0 aliphatic rings. The first kappa shape index (κ1) is 20.8. The first-order valence-electron chi connectivity index (χ1n) is 9.58. The molecule has 3 N–H and O–H groups in total. The second-order valence-corrected chi connectivity index (χ2v) is 6.81. The van der Waals surface area contributed by atoms with Crippen molar-refractivity contribution in [3.05, 3.63) is 83.6 Å². The van der Waals surface area contributed by atoms with E-state index >= 15 is 0 Å². The average Bonchev–Trinajstić information content (AvgIpc) is 3.45. The maximum Gasteiger partial charge on any atom is 0.287 e. The van der Waals surface area contributed by atoms with E-state index in [1.165, 1.54) is 16.9 Å². The number of methoxy groups -OCH3 is 1. The molecule has 4 aromatic rings. The predicted molar refractivity (Wildman–Crippen MR) is 114 cm³/mol. The highest BCUT2D eigenvalue weighted by molar-refractivity contribution is 5.99. The molecule has 0 fully saturated rings. The molecule has 2 aromatic carbocycles. The summed E-state index contributed by atoms with van der Waals surface area (Å²) < 4.78 is 20.5. The van der Waals surface area contributed by atoms with E-state index in [4.69, 9.17) is 4.74 Å². The van der Waals surface area contributed by atoms with Gasteiger partial charge in [0, 0.05) is 5.56 Å². The van der Waals surface area contributed by atoms with Gasteiger partial charge in [-0.25, -0.2) is 9.07 Å². The molecule has 2 aromatic heterocycles. The van der Waals surface area contributed by atoms with E-state index in [-0.39, 0.29) is 16.9 Å². The van der Waals surface area contributed by atoms with E-state index in [0.717, 1.165) is 5.56 Å². The molecule has 0 unspecified atom stereocenters. The Bertz CT molecular complexity index is 1280. The number of hydrazine groups is 1. The third-order valence-electron chi connectivity index (χ3n) is 4.83. The van der Waals surface area contributed by atoms with Crippen LogP contribution in [0.15, 0.2) is 60.8 Å². The maximum absolute atomic E-state index is 14.0. The number of rotatable bonds is 5. The largest absolute Gasteiger partial charge is 0.497 e. The van der Waals surface area contributed by atoms with E-state index in [0.29, 0.717) is 17.1 Å². The number of nitrogens with zero attached hydrogens (tertiary/aromatic N) is 3. The molecule has 0 radical (unpaired) electrons. The number of halogens is 1. The highest BCUT2D eigenvalue weighted by atomic mass is 19.1. The Labute approximate surface area is 182 Å². The van der Waals surface area contributed by atoms with Gasteiger partial charge in [0.05, 0.1) is 30.3 Å². The van der Waals surface area contributed by atoms with E-state index in [1.54, 1.807) is 50.4 Å². The van der Waals surface area contributed by atoms with Crippen molar-refractivity contribution in [3.8, 4) is 22.7 Å². The average molecular weight is 434 g/mol. The number of aromatic nitrogens is 4. The number of hydrogen-bond donors (Lipinski definition) is 3. The third-order valence-corrected chi connectivity index (χ3v) is 4.83. The van der Waals surface area contributed by atoms with Crippen LogP contribution in [0.1, 0.15) is 26.5 Å². The fourth-order valence-electron chi connectivity index (χ4n) is 3.09. The van der Waals surface area contributed by atoms with Gasteiger partial charge in [0.1, 0.15) is 22.9 Å². The van der Waals surface area contributed by atoms with Gasteiger partial charge in [-0.1, -0.05) is 12.1 Å². The third kappa shape index (κ3) is 4.06. The van der Waals surface area contributed by atoms with Crippen molar-refractivity contribution in [2.45, 2.75) is 6.92 Å². The van der Waals surface area contributed by atoms with Crippen molar-refractivity contribution >= 4 is 11.8 Å². The fourth-order valence-corrected chi connectivity index (χ4v) is 3.09. The van der Waals surface area contributed by atoms with Crippen molar-refractivity contribution in [2.75, 3.05) is 7.11 Å². The zero-order chi connectivity index (χ0) is 22.7. The number of amides is 2. The predicted octanol–water partition coefficient (Wildman–Crippen LogP) is 2.79. The monoisotopic (exact) mass is 434 g/mol. The molecule has 9 nitrogen and oxygen atoms in total. The van der Waals surface area contributed by atoms with Crippen molar-refractivity contribution < 1.29 is 18.7 Å². The SMILES string of the molecule is COc1ccc(-c2cc(C(=O)NNC(=O)c3cnn(-c4ccccc4F)c3C)[nH]n2)cc1. The molecule has 0 aliphatic carbocycles. The summed E-state index contributed by atoms with van der Waals surface area (Å²) in [6.07, 6.45) is 1.31. The van der Waals surface area contributed by atoms with Crippen LogP contribution in [0.5, 0.6) is 5.75 Å². The van der Waals surface area contributed by atoms with E-state index < -0.39 is 17.6 Å². The minimum absolute atomic E-state index is 0.162. The number of aromatic amines is 1. The van der Waals surface area contributed by atoms with Crippen LogP contribution >= 0.6 is 0 Å². The molecule has 0 aliphatic heterocycles. The molecule has 4 rings (SSSR count). The maximum atomic E-state index is 14.0. The molecule has 2 amide bonds. The van der Waals surface area contributed by atoms with E-state index in [9.17, 15) is 14.0 Å². The van der Waals surface area contributed by atoms with Gasteiger partial charge in [-0.3, -0.25) is 25.5 Å². The topological polar surface area (TPSA) is 114 Å². The molecule has 162 valence electrons. The number of H-pyrrole nitrogens is 1. The van der Waals surface area contributed by atoms with Crippen molar-refractivity contribution in [1.29, 1.82) is 0 Å². The molecular formula is C22H19FN6O3. The first-order valence-corrected chi connectivity index (χ1v) is 9.58. The lowest BCUT2D eigenvalue weighted by molar-refractivity contribution is 0.0843. The number of para-hydroxylation sites is 1. The molecule has 0 atom stereocenters. The number of carbonyl (C=O) groups excluding carboxylic acids is 2. The summed E-state index contributed by atoms with van der Waals surface area (Å²) in [6, 6.07) is 14.9. The van der Waals surface area contributed by atoms with Gasteiger partial charge in [-0.2, -0.15) is 10.2 Å². The van der Waals surface area contributed by atoms with Crippen molar-refractivity contribution in [3.63, 3.8) is 0 Å². The van der Waals surface area contributed by atoms with Crippen LogP contribution in [0.3, 0.4) is 0 Å². The lowest BCUT2D eigenvalue weighted by Crippen LogP contribution is -2.41. The lowest BCUT2D eigenvalue weighted by Gasteiger charge is -2.08. The standard InChI is InChI=1S/C22H19FN6O3/c1-13-16(12-24-29(13)20-6-4-3-5-17(20)23)21(30)27-28-22(31)19-11-18(25-26-19)14-7-9-15(32-2)10-8-14/h3-12H,1-2H3,(H,25,26)(H,27,30)(H,28,31). The van der Waals surface area contributed by atoms with Crippen molar-refractivity contribution in [2.24, 2.45) is 0 Å². The Hall–Kier alpha value is -4.47. The summed E-state index contributed by atoms with van der Waals surface area (Å²) in [5.74, 6) is -0.928. The Morgan fingerprint density at radius 1 is 1.06 bits per heavy atom. The Balaban J connectivity index is 1.42. The normalized spacial score (nSPS) is 10.6. The number of ether oxygens (including phenoxy) is 1. The number of carbonyl (C=O) groups is 2. The Kier molecular flexibility index (Phi) is 5.67. The van der Waals surface area contributed by atoms with Gasteiger partial charge in [-0.05, 0) is 49.4 Å². The second kappa shape index (κ2) is 8.72. The van der Waals surface area contributed by atoms with Gasteiger partial charge in [0.25, 0.3) is 11.8 Å². The number of hydrogen-bond acceptors (Lipinski definition) is 5. The molecule has 0 bridgehead atoms. The van der Waals surface area contributed by atoms with Gasteiger partial charge in [0.15, 0.2) is 0 Å². The quantitative estimate of drug-likeness (QED) is 0.418. The molecule has 10 heteroatoms.